The van der Waals surface area contributed by atoms with Crippen molar-refractivity contribution in [2.75, 3.05) is 26.2 Å². The van der Waals surface area contributed by atoms with Crippen LogP contribution in [-0.2, 0) is 0 Å². The minimum absolute atomic E-state index is 0.0810. The number of hydrogen-bond acceptors (Lipinski definition) is 3. The fraction of sp³-hybridized carbons (Fsp3) is 1.00. The second-order valence-corrected chi connectivity index (χ2v) is 7.88. The zero-order valence-electron chi connectivity index (χ0n) is 13.5. The average molecular weight is 280 g/mol. The first kappa shape index (κ1) is 14.8. The predicted molar refractivity (Wildman–Crippen MR) is 82.7 cm³/mol. The van der Waals surface area contributed by atoms with Crippen LogP contribution in [0.5, 0.6) is 0 Å². The van der Waals surface area contributed by atoms with Crippen molar-refractivity contribution in [3.63, 3.8) is 0 Å². The SMILES string of the molecule is CC1CC(C)C(CN2CC3CCCN3CC2C)C(O)C1. The van der Waals surface area contributed by atoms with Crippen molar-refractivity contribution in [2.45, 2.75) is 64.6 Å². The summed E-state index contributed by atoms with van der Waals surface area (Å²) in [4.78, 5) is 5.36. The van der Waals surface area contributed by atoms with Gasteiger partial charge in [-0.25, -0.2) is 0 Å². The van der Waals surface area contributed by atoms with Gasteiger partial charge in [0.15, 0.2) is 0 Å². The molecular weight excluding hydrogens is 248 g/mol. The van der Waals surface area contributed by atoms with Crippen molar-refractivity contribution in [1.82, 2.24) is 9.80 Å². The quantitative estimate of drug-likeness (QED) is 0.840. The van der Waals surface area contributed by atoms with Crippen molar-refractivity contribution >= 4 is 0 Å². The van der Waals surface area contributed by atoms with Gasteiger partial charge in [-0.1, -0.05) is 13.8 Å². The summed E-state index contributed by atoms with van der Waals surface area (Å²) in [7, 11) is 0. The lowest BCUT2D eigenvalue weighted by atomic mass is 9.73. The highest BCUT2D eigenvalue weighted by Gasteiger charge is 2.39. The van der Waals surface area contributed by atoms with Crippen LogP contribution >= 0.6 is 0 Å². The van der Waals surface area contributed by atoms with Crippen LogP contribution in [0.3, 0.4) is 0 Å². The molecule has 1 saturated carbocycles. The summed E-state index contributed by atoms with van der Waals surface area (Å²) < 4.78 is 0. The van der Waals surface area contributed by atoms with E-state index in [1.54, 1.807) is 0 Å². The molecule has 0 amide bonds. The van der Waals surface area contributed by atoms with Gasteiger partial charge in [0, 0.05) is 37.6 Å². The lowest BCUT2D eigenvalue weighted by Crippen LogP contribution is -2.57. The summed E-state index contributed by atoms with van der Waals surface area (Å²) in [6.07, 6.45) is 4.98. The Bertz CT molecular complexity index is 323. The van der Waals surface area contributed by atoms with Gasteiger partial charge in [-0.15, -0.1) is 0 Å². The molecule has 20 heavy (non-hydrogen) atoms. The van der Waals surface area contributed by atoms with E-state index in [-0.39, 0.29) is 6.10 Å². The van der Waals surface area contributed by atoms with Gasteiger partial charge < -0.3 is 5.11 Å². The predicted octanol–water partition coefficient (Wildman–Crippen LogP) is 2.20. The Hall–Kier alpha value is -0.120. The number of aliphatic hydroxyl groups is 1. The number of hydrogen-bond donors (Lipinski definition) is 1. The van der Waals surface area contributed by atoms with Crippen LogP contribution < -0.4 is 0 Å². The molecule has 3 rings (SSSR count). The number of piperazine rings is 1. The summed E-state index contributed by atoms with van der Waals surface area (Å²) in [5.41, 5.74) is 0. The molecule has 2 aliphatic heterocycles. The lowest BCUT2D eigenvalue weighted by Gasteiger charge is -2.46. The highest BCUT2D eigenvalue weighted by Crippen LogP contribution is 2.35. The van der Waals surface area contributed by atoms with Crippen molar-refractivity contribution < 1.29 is 5.11 Å². The third-order valence-corrected chi connectivity index (χ3v) is 6.15. The topological polar surface area (TPSA) is 26.7 Å². The highest BCUT2D eigenvalue weighted by molar-refractivity contribution is 4.93. The van der Waals surface area contributed by atoms with Gasteiger partial charge in [-0.3, -0.25) is 9.80 Å². The third kappa shape index (κ3) is 2.90. The normalized spacial score (nSPS) is 47.4. The Morgan fingerprint density at radius 3 is 2.65 bits per heavy atom. The Balaban J connectivity index is 1.61. The van der Waals surface area contributed by atoms with Gasteiger partial charge in [0.05, 0.1) is 6.10 Å². The van der Waals surface area contributed by atoms with E-state index < -0.39 is 0 Å². The minimum atomic E-state index is -0.0810. The standard InChI is InChI=1S/C17H32N2O/c1-12-7-13(2)16(17(20)8-12)11-19-10-15-5-4-6-18(15)9-14(19)3/h12-17,20H,4-11H2,1-3H3. The first-order valence-electron chi connectivity index (χ1n) is 8.70. The van der Waals surface area contributed by atoms with E-state index in [1.807, 2.05) is 0 Å². The molecule has 2 saturated heterocycles. The number of rotatable bonds is 2. The molecule has 0 spiro atoms. The van der Waals surface area contributed by atoms with E-state index in [0.29, 0.717) is 23.8 Å². The first-order chi connectivity index (χ1) is 9.54. The molecular formula is C17H32N2O. The molecule has 3 heteroatoms. The molecule has 0 radical (unpaired) electrons. The van der Waals surface area contributed by atoms with E-state index in [0.717, 1.165) is 19.0 Å². The fourth-order valence-corrected chi connectivity index (χ4v) is 4.95. The highest BCUT2D eigenvalue weighted by atomic mass is 16.3. The zero-order chi connectivity index (χ0) is 14.3. The average Bonchev–Trinajstić information content (AvgIpc) is 2.80. The molecule has 0 bridgehead atoms. The fourth-order valence-electron chi connectivity index (χ4n) is 4.95. The van der Waals surface area contributed by atoms with Crippen LogP contribution in [0.15, 0.2) is 0 Å². The van der Waals surface area contributed by atoms with Gasteiger partial charge in [0.2, 0.25) is 0 Å². The number of aliphatic hydroxyl groups excluding tert-OH is 1. The van der Waals surface area contributed by atoms with Gasteiger partial charge in [0.1, 0.15) is 0 Å². The van der Waals surface area contributed by atoms with E-state index >= 15 is 0 Å². The summed E-state index contributed by atoms with van der Waals surface area (Å²) >= 11 is 0. The van der Waals surface area contributed by atoms with Crippen molar-refractivity contribution in [2.24, 2.45) is 17.8 Å². The molecule has 1 aliphatic carbocycles. The number of fused-ring (bicyclic) bond motifs is 1. The summed E-state index contributed by atoms with van der Waals surface area (Å²) in [6.45, 7) is 11.9. The third-order valence-electron chi connectivity index (χ3n) is 6.15. The van der Waals surface area contributed by atoms with Crippen LogP contribution in [0, 0.1) is 17.8 Å². The molecule has 3 aliphatic rings. The Morgan fingerprint density at radius 1 is 1.10 bits per heavy atom. The molecule has 6 unspecified atom stereocenters. The van der Waals surface area contributed by atoms with Gasteiger partial charge in [-0.2, -0.15) is 0 Å². The lowest BCUT2D eigenvalue weighted by molar-refractivity contribution is -0.0267. The molecule has 3 fully saturated rings. The monoisotopic (exact) mass is 280 g/mol. The van der Waals surface area contributed by atoms with Crippen LogP contribution in [-0.4, -0.2) is 59.3 Å². The van der Waals surface area contributed by atoms with Crippen molar-refractivity contribution in [3.8, 4) is 0 Å². The largest absolute Gasteiger partial charge is 0.393 e. The Kier molecular flexibility index (Phi) is 4.40. The molecule has 116 valence electrons. The smallest absolute Gasteiger partial charge is 0.0585 e. The van der Waals surface area contributed by atoms with Crippen LogP contribution in [0.4, 0.5) is 0 Å². The Morgan fingerprint density at radius 2 is 1.90 bits per heavy atom. The van der Waals surface area contributed by atoms with Gasteiger partial charge in [0.25, 0.3) is 0 Å². The zero-order valence-corrected chi connectivity index (χ0v) is 13.5. The van der Waals surface area contributed by atoms with Crippen LogP contribution in [0.25, 0.3) is 0 Å². The second-order valence-electron chi connectivity index (χ2n) is 7.88. The molecule has 6 atom stereocenters. The molecule has 2 heterocycles. The summed E-state index contributed by atoms with van der Waals surface area (Å²) in [5.74, 6) is 1.85. The van der Waals surface area contributed by atoms with Crippen LogP contribution in [0.1, 0.15) is 46.5 Å². The molecule has 3 nitrogen and oxygen atoms in total. The number of nitrogens with zero attached hydrogens (tertiary/aromatic N) is 2. The van der Waals surface area contributed by atoms with Gasteiger partial charge >= 0.3 is 0 Å². The van der Waals surface area contributed by atoms with E-state index in [2.05, 4.69) is 30.6 Å². The van der Waals surface area contributed by atoms with Crippen molar-refractivity contribution in [1.29, 1.82) is 0 Å². The summed E-state index contributed by atoms with van der Waals surface area (Å²) in [6, 6.07) is 1.45. The van der Waals surface area contributed by atoms with E-state index in [9.17, 15) is 5.11 Å². The summed E-state index contributed by atoms with van der Waals surface area (Å²) in [5, 5.41) is 10.5. The maximum atomic E-state index is 10.5. The molecule has 1 N–H and O–H groups in total. The minimum Gasteiger partial charge on any atom is -0.393 e. The van der Waals surface area contributed by atoms with Crippen molar-refractivity contribution in [3.05, 3.63) is 0 Å². The van der Waals surface area contributed by atoms with E-state index in [1.165, 1.54) is 38.9 Å². The maximum Gasteiger partial charge on any atom is 0.0585 e. The maximum absolute atomic E-state index is 10.5. The Labute approximate surface area is 124 Å². The van der Waals surface area contributed by atoms with E-state index in [4.69, 9.17) is 0 Å². The molecule has 0 aromatic carbocycles. The molecule has 0 aromatic rings. The van der Waals surface area contributed by atoms with Gasteiger partial charge in [-0.05, 0) is 51.0 Å². The van der Waals surface area contributed by atoms with Crippen LogP contribution in [0.2, 0.25) is 0 Å². The first-order valence-corrected chi connectivity index (χ1v) is 8.70. The molecule has 0 aromatic heterocycles. The second kappa shape index (κ2) is 5.94.